The predicted octanol–water partition coefficient (Wildman–Crippen LogP) is 2.13. The molecule has 0 radical (unpaired) electrons. The van der Waals surface area contributed by atoms with Gasteiger partial charge in [-0.05, 0) is 37.1 Å². The van der Waals surface area contributed by atoms with Crippen LogP contribution < -0.4 is 10.2 Å². The Bertz CT molecular complexity index is 777. The smallest absolute Gasteiger partial charge is 0.245 e. The third kappa shape index (κ3) is 4.30. The number of anilines is 1. The second-order valence-electron chi connectivity index (χ2n) is 6.82. The van der Waals surface area contributed by atoms with Crippen LogP contribution in [0.3, 0.4) is 0 Å². The van der Waals surface area contributed by atoms with Gasteiger partial charge in [0.2, 0.25) is 17.7 Å². The molecule has 144 valence electrons. The Hall–Kier alpha value is -2.41. The summed E-state index contributed by atoms with van der Waals surface area (Å²) in [5, 5.41) is 2.91. The highest BCUT2D eigenvalue weighted by Gasteiger charge is 2.34. The number of piperidine rings is 1. The molecule has 1 aromatic carbocycles. The van der Waals surface area contributed by atoms with Gasteiger partial charge in [0.05, 0.1) is 11.1 Å². The van der Waals surface area contributed by atoms with Gasteiger partial charge in [-0.2, -0.15) is 0 Å². The zero-order chi connectivity index (χ0) is 19.6. The Morgan fingerprint density at radius 3 is 2.63 bits per heavy atom. The standard InChI is InChI=1S/C19H21ClFN3O3/c1-2-17(25)23-7-5-12(6-8-23)19(27)22-13-9-18(26)24(11-13)14-3-4-15(20)16(21)10-14/h2-4,10,12-13H,1,5-9,11H2,(H,22,27). The molecule has 0 bridgehead atoms. The maximum atomic E-state index is 13.7. The maximum Gasteiger partial charge on any atom is 0.245 e. The third-order valence-corrected chi connectivity index (χ3v) is 5.34. The van der Waals surface area contributed by atoms with Crippen molar-refractivity contribution in [3.63, 3.8) is 0 Å². The van der Waals surface area contributed by atoms with Crippen molar-refractivity contribution in [2.75, 3.05) is 24.5 Å². The number of amides is 3. The molecule has 3 amide bonds. The molecule has 1 N–H and O–H groups in total. The molecule has 0 saturated carbocycles. The summed E-state index contributed by atoms with van der Waals surface area (Å²) in [5.74, 6) is -1.18. The van der Waals surface area contributed by atoms with Crippen molar-refractivity contribution in [2.24, 2.45) is 5.92 Å². The highest BCUT2D eigenvalue weighted by atomic mass is 35.5. The molecule has 8 heteroatoms. The van der Waals surface area contributed by atoms with Crippen LogP contribution in [0.25, 0.3) is 0 Å². The Morgan fingerprint density at radius 2 is 2.00 bits per heavy atom. The van der Waals surface area contributed by atoms with Crippen LogP contribution in [-0.2, 0) is 14.4 Å². The van der Waals surface area contributed by atoms with Crippen LogP contribution in [0.1, 0.15) is 19.3 Å². The fourth-order valence-electron chi connectivity index (χ4n) is 3.52. The molecule has 0 spiro atoms. The first-order valence-corrected chi connectivity index (χ1v) is 9.24. The lowest BCUT2D eigenvalue weighted by molar-refractivity contribution is -0.132. The van der Waals surface area contributed by atoms with E-state index in [1.807, 2.05) is 0 Å². The van der Waals surface area contributed by atoms with Gasteiger partial charge in [-0.1, -0.05) is 18.2 Å². The Labute approximate surface area is 161 Å². The molecule has 2 aliphatic heterocycles. The summed E-state index contributed by atoms with van der Waals surface area (Å²) in [7, 11) is 0. The molecule has 27 heavy (non-hydrogen) atoms. The molecule has 2 fully saturated rings. The van der Waals surface area contributed by atoms with Crippen LogP contribution in [0.4, 0.5) is 10.1 Å². The number of carbonyl (C=O) groups is 3. The monoisotopic (exact) mass is 393 g/mol. The molecule has 1 unspecified atom stereocenters. The largest absolute Gasteiger partial charge is 0.351 e. The van der Waals surface area contributed by atoms with E-state index in [2.05, 4.69) is 11.9 Å². The molecular weight excluding hydrogens is 373 g/mol. The first-order valence-electron chi connectivity index (χ1n) is 8.86. The van der Waals surface area contributed by atoms with Gasteiger partial charge in [0.25, 0.3) is 0 Å². The van der Waals surface area contributed by atoms with Gasteiger partial charge < -0.3 is 15.1 Å². The number of nitrogens with zero attached hydrogens (tertiary/aromatic N) is 2. The highest BCUT2D eigenvalue weighted by molar-refractivity contribution is 6.30. The Balaban J connectivity index is 1.55. The van der Waals surface area contributed by atoms with Crippen molar-refractivity contribution < 1.29 is 18.8 Å². The van der Waals surface area contributed by atoms with Gasteiger partial charge in [-0.15, -0.1) is 0 Å². The normalized spacial score (nSPS) is 20.7. The Morgan fingerprint density at radius 1 is 1.30 bits per heavy atom. The molecule has 6 nitrogen and oxygen atoms in total. The van der Waals surface area contributed by atoms with Crippen LogP contribution in [-0.4, -0.2) is 48.3 Å². The highest BCUT2D eigenvalue weighted by Crippen LogP contribution is 2.26. The van der Waals surface area contributed by atoms with Crippen molar-refractivity contribution in [1.29, 1.82) is 0 Å². The van der Waals surface area contributed by atoms with E-state index < -0.39 is 5.82 Å². The second-order valence-corrected chi connectivity index (χ2v) is 7.22. The average molecular weight is 394 g/mol. The number of benzene rings is 1. The van der Waals surface area contributed by atoms with Crippen LogP contribution in [0.5, 0.6) is 0 Å². The minimum atomic E-state index is -0.588. The summed E-state index contributed by atoms with van der Waals surface area (Å²) in [4.78, 5) is 39.5. The van der Waals surface area contributed by atoms with Gasteiger partial charge in [0, 0.05) is 37.7 Å². The number of rotatable bonds is 4. The molecule has 0 aromatic heterocycles. The zero-order valence-electron chi connectivity index (χ0n) is 14.8. The van der Waals surface area contributed by atoms with E-state index in [9.17, 15) is 18.8 Å². The van der Waals surface area contributed by atoms with Gasteiger partial charge >= 0.3 is 0 Å². The van der Waals surface area contributed by atoms with Crippen LogP contribution in [0, 0.1) is 11.7 Å². The first-order chi connectivity index (χ1) is 12.9. The molecule has 2 heterocycles. The molecule has 2 saturated heterocycles. The predicted molar refractivity (Wildman–Crippen MR) is 99.8 cm³/mol. The number of carbonyl (C=O) groups excluding carboxylic acids is 3. The molecule has 0 aliphatic carbocycles. The summed E-state index contributed by atoms with van der Waals surface area (Å²) in [5.41, 5.74) is 0.426. The first kappa shape index (κ1) is 19.4. The van der Waals surface area contributed by atoms with Crippen molar-refractivity contribution >= 4 is 35.0 Å². The van der Waals surface area contributed by atoms with E-state index in [0.717, 1.165) is 0 Å². The number of halogens is 2. The number of likely N-dealkylation sites (tertiary alicyclic amines) is 1. The number of nitrogens with one attached hydrogen (secondary N) is 1. The minimum absolute atomic E-state index is 0.00322. The SMILES string of the molecule is C=CC(=O)N1CCC(C(=O)NC2CC(=O)N(c3ccc(Cl)c(F)c3)C2)CC1. The van der Waals surface area contributed by atoms with Crippen molar-refractivity contribution in [3.05, 3.63) is 41.7 Å². The summed E-state index contributed by atoms with van der Waals surface area (Å²) < 4.78 is 13.7. The Kier molecular flexibility index (Phi) is 5.79. The van der Waals surface area contributed by atoms with Crippen molar-refractivity contribution in [1.82, 2.24) is 10.2 Å². The van der Waals surface area contributed by atoms with E-state index in [0.29, 0.717) is 38.2 Å². The van der Waals surface area contributed by atoms with Crippen LogP contribution in [0.2, 0.25) is 5.02 Å². The molecule has 3 rings (SSSR count). The van der Waals surface area contributed by atoms with Gasteiger partial charge in [0.15, 0.2) is 0 Å². The quantitative estimate of drug-likeness (QED) is 0.797. The van der Waals surface area contributed by atoms with E-state index in [4.69, 9.17) is 11.6 Å². The minimum Gasteiger partial charge on any atom is -0.351 e. The second kappa shape index (κ2) is 8.08. The summed E-state index contributed by atoms with van der Waals surface area (Å²) in [6.07, 6.45) is 2.61. The van der Waals surface area contributed by atoms with Gasteiger partial charge in [-0.3, -0.25) is 14.4 Å². The van der Waals surface area contributed by atoms with Gasteiger partial charge in [-0.25, -0.2) is 4.39 Å². The summed E-state index contributed by atoms with van der Waals surface area (Å²) in [6.45, 7) is 4.79. The third-order valence-electron chi connectivity index (χ3n) is 5.04. The maximum absolute atomic E-state index is 13.7. The molecular formula is C19H21ClFN3O3. The van der Waals surface area contributed by atoms with E-state index in [1.54, 1.807) is 11.0 Å². The van der Waals surface area contributed by atoms with E-state index in [1.165, 1.54) is 23.1 Å². The lowest BCUT2D eigenvalue weighted by Gasteiger charge is -2.31. The fraction of sp³-hybridized carbons (Fsp3) is 0.421. The van der Waals surface area contributed by atoms with Crippen molar-refractivity contribution in [3.8, 4) is 0 Å². The molecule has 1 atom stereocenters. The lowest BCUT2D eigenvalue weighted by Crippen LogP contribution is -2.45. The topological polar surface area (TPSA) is 69.7 Å². The van der Waals surface area contributed by atoms with Gasteiger partial charge in [0.1, 0.15) is 5.82 Å². The summed E-state index contributed by atoms with van der Waals surface area (Å²) in [6, 6.07) is 3.89. The van der Waals surface area contributed by atoms with Crippen LogP contribution >= 0.6 is 11.6 Å². The molecule has 2 aliphatic rings. The van der Waals surface area contributed by atoms with Crippen LogP contribution in [0.15, 0.2) is 30.9 Å². The molecule has 1 aromatic rings. The van der Waals surface area contributed by atoms with E-state index in [-0.39, 0.29) is 41.1 Å². The van der Waals surface area contributed by atoms with Crippen molar-refractivity contribution in [2.45, 2.75) is 25.3 Å². The zero-order valence-corrected chi connectivity index (χ0v) is 15.5. The lowest BCUT2D eigenvalue weighted by atomic mass is 9.95. The average Bonchev–Trinajstić information content (AvgIpc) is 3.03. The summed E-state index contributed by atoms with van der Waals surface area (Å²) >= 11 is 5.68. The fourth-order valence-corrected chi connectivity index (χ4v) is 3.63. The van der Waals surface area contributed by atoms with E-state index >= 15 is 0 Å². The number of hydrogen-bond acceptors (Lipinski definition) is 3. The number of hydrogen-bond donors (Lipinski definition) is 1.